The zero-order valence-corrected chi connectivity index (χ0v) is 21.1. The van der Waals surface area contributed by atoms with Gasteiger partial charge in [0.2, 0.25) is 5.91 Å². The molecule has 0 saturated carbocycles. The van der Waals surface area contributed by atoms with Crippen molar-refractivity contribution in [1.29, 1.82) is 0 Å². The molecule has 4 rings (SSSR count). The van der Waals surface area contributed by atoms with Crippen LogP contribution in [0.1, 0.15) is 70.2 Å². The van der Waals surface area contributed by atoms with E-state index in [4.69, 9.17) is 9.26 Å². The largest absolute Gasteiger partial charge is 0.493 e. The van der Waals surface area contributed by atoms with E-state index in [9.17, 15) is 9.90 Å². The van der Waals surface area contributed by atoms with E-state index in [2.05, 4.69) is 52.4 Å². The Labute approximate surface area is 207 Å². The number of rotatable bonds is 9. The maximum absolute atomic E-state index is 12.2. The lowest BCUT2D eigenvalue weighted by Crippen LogP contribution is -2.35. The number of benzene rings is 1. The standard InChI is InChI=1S/C27H38N4O4/c1-18(2)25-29-27(35-30-25)31-14-12-20(13-15-31)17-34-24-10-8-22(9-11-24)21-4-6-23(7-5-21)26(33)28-16-19(3)32/h4,8-11,18-20,23,32H,5-7,12-17H2,1-3H3,(H,28,33)/t19?,23-/m1/s1. The smallest absolute Gasteiger partial charge is 0.324 e. The highest BCUT2D eigenvalue weighted by atomic mass is 16.5. The van der Waals surface area contributed by atoms with E-state index in [0.29, 0.717) is 25.1 Å². The Bertz CT molecular complexity index is 991. The first-order valence-electron chi connectivity index (χ1n) is 12.9. The van der Waals surface area contributed by atoms with Gasteiger partial charge in [-0.25, -0.2) is 0 Å². The Kier molecular flexibility index (Phi) is 8.44. The van der Waals surface area contributed by atoms with Gasteiger partial charge in [0.1, 0.15) is 5.75 Å². The van der Waals surface area contributed by atoms with Crippen LogP contribution in [0.2, 0.25) is 0 Å². The van der Waals surface area contributed by atoms with Crippen molar-refractivity contribution in [3.63, 3.8) is 0 Å². The highest BCUT2D eigenvalue weighted by Crippen LogP contribution is 2.31. The van der Waals surface area contributed by atoms with Gasteiger partial charge in [0.15, 0.2) is 5.82 Å². The minimum atomic E-state index is -0.517. The first-order valence-corrected chi connectivity index (χ1v) is 12.9. The predicted molar refractivity (Wildman–Crippen MR) is 135 cm³/mol. The molecule has 2 N–H and O–H groups in total. The maximum atomic E-state index is 12.2. The molecular formula is C27H38N4O4. The fourth-order valence-electron chi connectivity index (χ4n) is 4.59. The van der Waals surface area contributed by atoms with Crippen LogP contribution >= 0.6 is 0 Å². The first-order chi connectivity index (χ1) is 16.9. The summed E-state index contributed by atoms with van der Waals surface area (Å²) >= 11 is 0. The second-order valence-electron chi connectivity index (χ2n) is 10.2. The zero-order chi connectivity index (χ0) is 24.8. The number of carbonyl (C=O) groups excluding carboxylic acids is 1. The number of ether oxygens (including phenoxy) is 1. The van der Waals surface area contributed by atoms with Crippen molar-refractivity contribution in [2.75, 3.05) is 31.1 Å². The van der Waals surface area contributed by atoms with Crippen LogP contribution in [0.5, 0.6) is 5.75 Å². The van der Waals surface area contributed by atoms with Crippen LogP contribution in [0, 0.1) is 11.8 Å². The average molecular weight is 483 g/mol. The lowest BCUT2D eigenvalue weighted by Gasteiger charge is -2.30. The van der Waals surface area contributed by atoms with Gasteiger partial charge in [-0.2, -0.15) is 4.98 Å². The Hall–Kier alpha value is -2.87. The van der Waals surface area contributed by atoms with Crippen molar-refractivity contribution in [2.24, 2.45) is 11.8 Å². The molecule has 190 valence electrons. The number of aromatic nitrogens is 2. The third kappa shape index (κ3) is 6.84. The summed E-state index contributed by atoms with van der Waals surface area (Å²) in [6.07, 6.45) is 6.18. The fraction of sp³-hybridized carbons (Fsp3) is 0.593. The number of anilines is 1. The second-order valence-corrected chi connectivity index (χ2v) is 10.2. The number of aliphatic hydroxyl groups excluding tert-OH is 1. The van der Waals surface area contributed by atoms with E-state index in [1.54, 1.807) is 6.92 Å². The molecule has 2 aliphatic rings. The van der Waals surface area contributed by atoms with Crippen molar-refractivity contribution in [3.8, 4) is 5.75 Å². The number of carbonyl (C=O) groups is 1. The van der Waals surface area contributed by atoms with Crippen LogP contribution in [0.4, 0.5) is 6.01 Å². The molecule has 1 saturated heterocycles. The monoisotopic (exact) mass is 482 g/mol. The lowest BCUT2D eigenvalue weighted by atomic mass is 9.86. The Balaban J connectivity index is 1.20. The van der Waals surface area contributed by atoms with Gasteiger partial charge >= 0.3 is 6.01 Å². The highest BCUT2D eigenvalue weighted by Gasteiger charge is 2.24. The summed E-state index contributed by atoms with van der Waals surface area (Å²) in [5, 5.41) is 16.2. The summed E-state index contributed by atoms with van der Waals surface area (Å²) in [5.41, 5.74) is 2.47. The topological polar surface area (TPSA) is 101 Å². The van der Waals surface area contributed by atoms with E-state index in [0.717, 1.165) is 56.8 Å². The summed E-state index contributed by atoms with van der Waals surface area (Å²) in [6, 6.07) is 8.93. The molecule has 2 aromatic rings. The molecule has 8 nitrogen and oxygen atoms in total. The Morgan fingerprint density at radius 3 is 2.54 bits per heavy atom. The van der Waals surface area contributed by atoms with Gasteiger partial charge in [-0.15, -0.1) is 0 Å². The molecule has 1 aromatic carbocycles. The van der Waals surface area contributed by atoms with Crippen molar-refractivity contribution >= 4 is 17.5 Å². The molecule has 1 aliphatic heterocycles. The second kappa shape index (κ2) is 11.7. The SMILES string of the molecule is CC(O)CNC(=O)[C@@H]1CC=C(c2ccc(OCC3CCN(c4nc(C(C)C)no4)CC3)cc2)CC1. The minimum Gasteiger partial charge on any atom is -0.493 e. The van der Waals surface area contributed by atoms with Gasteiger partial charge in [0.25, 0.3) is 0 Å². The van der Waals surface area contributed by atoms with Crippen LogP contribution in [0.15, 0.2) is 34.9 Å². The van der Waals surface area contributed by atoms with E-state index >= 15 is 0 Å². The molecule has 2 heterocycles. The average Bonchev–Trinajstić information content (AvgIpc) is 3.38. The number of amides is 1. The fourth-order valence-corrected chi connectivity index (χ4v) is 4.59. The third-order valence-electron chi connectivity index (χ3n) is 6.90. The van der Waals surface area contributed by atoms with Crippen LogP contribution < -0.4 is 15.0 Å². The van der Waals surface area contributed by atoms with Gasteiger partial charge in [-0.3, -0.25) is 4.79 Å². The number of nitrogens with one attached hydrogen (secondary N) is 1. The number of allylic oxidation sites excluding steroid dienone is 2. The van der Waals surface area contributed by atoms with Gasteiger partial charge in [-0.1, -0.05) is 37.2 Å². The highest BCUT2D eigenvalue weighted by molar-refractivity contribution is 5.80. The number of aliphatic hydroxyl groups is 1. The molecule has 1 amide bonds. The van der Waals surface area contributed by atoms with E-state index in [-0.39, 0.29) is 17.7 Å². The number of piperidine rings is 1. The summed E-state index contributed by atoms with van der Waals surface area (Å²) in [6.45, 7) is 8.63. The maximum Gasteiger partial charge on any atom is 0.324 e. The normalized spacial score (nSPS) is 20.0. The van der Waals surface area contributed by atoms with Gasteiger partial charge in [-0.05, 0) is 68.2 Å². The summed E-state index contributed by atoms with van der Waals surface area (Å²) in [4.78, 5) is 18.9. The molecule has 0 bridgehead atoms. The molecule has 1 unspecified atom stereocenters. The molecule has 0 radical (unpaired) electrons. The lowest BCUT2D eigenvalue weighted by molar-refractivity contribution is -0.125. The van der Waals surface area contributed by atoms with Gasteiger partial charge in [0, 0.05) is 31.5 Å². The molecule has 8 heteroatoms. The van der Waals surface area contributed by atoms with Crippen molar-refractivity contribution < 1.29 is 19.2 Å². The summed E-state index contributed by atoms with van der Waals surface area (Å²) < 4.78 is 11.5. The minimum absolute atomic E-state index is 0.0105. The number of hydrogen-bond donors (Lipinski definition) is 2. The van der Waals surface area contributed by atoms with Crippen LogP contribution in [0.25, 0.3) is 5.57 Å². The molecule has 1 aliphatic carbocycles. The first kappa shape index (κ1) is 25.2. The molecular weight excluding hydrogens is 444 g/mol. The van der Waals surface area contributed by atoms with Gasteiger partial charge < -0.3 is 24.6 Å². The van der Waals surface area contributed by atoms with E-state index in [1.165, 1.54) is 11.1 Å². The molecule has 1 fully saturated rings. The zero-order valence-electron chi connectivity index (χ0n) is 21.1. The Morgan fingerprint density at radius 2 is 1.94 bits per heavy atom. The van der Waals surface area contributed by atoms with Crippen LogP contribution in [-0.2, 0) is 4.79 Å². The van der Waals surface area contributed by atoms with Crippen LogP contribution in [0.3, 0.4) is 0 Å². The molecule has 0 spiro atoms. The summed E-state index contributed by atoms with van der Waals surface area (Å²) in [5.74, 6) is 2.45. The quantitative estimate of drug-likeness (QED) is 0.553. The molecule has 35 heavy (non-hydrogen) atoms. The van der Waals surface area contributed by atoms with Crippen molar-refractivity contribution in [1.82, 2.24) is 15.5 Å². The van der Waals surface area contributed by atoms with E-state index in [1.807, 2.05) is 12.1 Å². The van der Waals surface area contributed by atoms with Crippen molar-refractivity contribution in [3.05, 3.63) is 41.7 Å². The molecule has 2 atom stereocenters. The van der Waals surface area contributed by atoms with E-state index < -0.39 is 6.10 Å². The van der Waals surface area contributed by atoms with Crippen LogP contribution in [-0.4, -0.2) is 53.5 Å². The summed E-state index contributed by atoms with van der Waals surface area (Å²) in [7, 11) is 0. The van der Waals surface area contributed by atoms with Crippen molar-refractivity contribution in [2.45, 2.75) is 64.9 Å². The number of nitrogens with zero attached hydrogens (tertiary/aromatic N) is 3. The Morgan fingerprint density at radius 1 is 1.20 bits per heavy atom. The third-order valence-corrected chi connectivity index (χ3v) is 6.90. The predicted octanol–water partition coefficient (Wildman–Crippen LogP) is 4.17. The van der Waals surface area contributed by atoms with Gasteiger partial charge in [0.05, 0.1) is 12.7 Å². The molecule has 1 aromatic heterocycles. The number of hydrogen-bond acceptors (Lipinski definition) is 7.